The lowest BCUT2D eigenvalue weighted by Crippen LogP contribution is -2.23. The van der Waals surface area contributed by atoms with Crippen molar-refractivity contribution in [3.05, 3.63) is 25.6 Å². The third kappa shape index (κ3) is 7.09. The van der Waals surface area contributed by atoms with Gasteiger partial charge in [-0.3, -0.25) is 0 Å². The van der Waals surface area contributed by atoms with E-state index in [2.05, 4.69) is 53.1 Å². The predicted octanol–water partition coefficient (Wildman–Crippen LogP) is 4.37. The van der Waals surface area contributed by atoms with Crippen molar-refractivity contribution in [1.82, 2.24) is 5.32 Å². The van der Waals surface area contributed by atoms with Crippen LogP contribution in [-0.2, 0) is 4.74 Å². The van der Waals surface area contributed by atoms with Crippen molar-refractivity contribution >= 4 is 47.8 Å². The maximum Gasteiger partial charge on any atom is 0.147 e. The summed E-state index contributed by atoms with van der Waals surface area (Å²) in [6.45, 7) is 6.01. The second kappa shape index (κ2) is 10.2. The van der Waals surface area contributed by atoms with Gasteiger partial charge in [-0.05, 0) is 63.9 Å². The summed E-state index contributed by atoms with van der Waals surface area (Å²) in [6.07, 6.45) is 1.03. The molecule has 6 heteroatoms. The zero-order valence-electron chi connectivity index (χ0n) is 10.8. The van der Waals surface area contributed by atoms with E-state index in [0.717, 1.165) is 51.9 Å². The van der Waals surface area contributed by atoms with Crippen LogP contribution in [-0.4, -0.2) is 32.9 Å². The van der Waals surface area contributed by atoms with E-state index in [9.17, 15) is 0 Å². The summed E-state index contributed by atoms with van der Waals surface area (Å²) in [7, 11) is 0. The van der Waals surface area contributed by atoms with Crippen molar-refractivity contribution in [3.63, 3.8) is 0 Å². The smallest absolute Gasteiger partial charge is 0.147 e. The third-order valence-electron chi connectivity index (χ3n) is 2.33. The van der Waals surface area contributed by atoms with Crippen molar-refractivity contribution in [2.24, 2.45) is 0 Å². The molecule has 19 heavy (non-hydrogen) atoms. The van der Waals surface area contributed by atoms with Gasteiger partial charge in [-0.2, -0.15) is 0 Å². The van der Waals surface area contributed by atoms with E-state index in [1.54, 1.807) is 0 Å². The highest BCUT2D eigenvalue weighted by Gasteiger charge is 2.07. The fourth-order valence-corrected chi connectivity index (χ4v) is 3.95. The summed E-state index contributed by atoms with van der Waals surface area (Å²) in [5.74, 6) is 0.833. The molecule has 0 radical (unpaired) electrons. The molecule has 0 unspecified atom stereocenters. The lowest BCUT2D eigenvalue weighted by atomic mass is 10.3. The first-order chi connectivity index (χ1) is 9.15. The Hall–Kier alpha value is 0.380. The number of hydrogen-bond donors (Lipinski definition) is 1. The average molecular weight is 460 g/mol. The van der Waals surface area contributed by atoms with E-state index >= 15 is 0 Å². The van der Waals surface area contributed by atoms with E-state index in [-0.39, 0.29) is 0 Å². The van der Waals surface area contributed by atoms with Gasteiger partial charge in [0.25, 0.3) is 0 Å². The molecule has 0 saturated carbocycles. The molecule has 0 spiro atoms. The first kappa shape index (κ1) is 17.4. The second-order valence-electron chi connectivity index (χ2n) is 3.85. The fourth-order valence-electron chi connectivity index (χ4n) is 1.46. The van der Waals surface area contributed by atoms with Crippen LogP contribution in [0.2, 0.25) is 0 Å². The highest BCUT2D eigenvalue weighted by atomic mass is 79.9. The standard InChI is InChI=1S/C13H18Br3NO2/c1-2-18-6-3-4-17-5-7-19-13-11(15)8-10(14)9-12(13)16/h8-9,17H,2-7H2,1H3. The molecule has 0 aliphatic heterocycles. The molecule has 0 amide bonds. The van der Waals surface area contributed by atoms with Gasteiger partial charge in [0.2, 0.25) is 0 Å². The summed E-state index contributed by atoms with van der Waals surface area (Å²) in [6, 6.07) is 3.94. The lowest BCUT2D eigenvalue weighted by Gasteiger charge is -2.11. The first-order valence-electron chi connectivity index (χ1n) is 6.21. The zero-order valence-corrected chi connectivity index (χ0v) is 15.6. The average Bonchev–Trinajstić information content (AvgIpc) is 2.35. The van der Waals surface area contributed by atoms with Crippen LogP contribution >= 0.6 is 47.8 Å². The Bertz CT molecular complexity index is 365. The maximum absolute atomic E-state index is 5.74. The molecule has 1 aromatic rings. The minimum atomic E-state index is 0.632. The second-order valence-corrected chi connectivity index (χ2v) is 6.47. The van der Waals surface area contributed by atoms with Crippen LogP contribution in [0.3, 0.4) is 0 Å². The molecule has 0 atom stereocenters. The van der Waals surface area contributed by atoms with Crippen molar-refractivity contribution in [2.75, 3.05) is 32.9 Å². The van der Waals surface area contributed by atoms with Gasteiger partial charge in [0, 0.05) is 24.2 Å². The van der Waals surface area contributed by atoms with Crippen LogP contribution in [0.15, 0.2) is 25.6 Å². The number of hydrogen-bond acceptors (Lipinski definition) is 3. The molecule has 108 valence electrons. The number of ether oxygens (including phenoxy) is 2. The molecular weight excluding hydrogens is 442 g/mol. The Morgan fingerprint density at radius 3 is 2.37 bits per heavy atom. The highest BCUT2D eigenvalue weighted by molar-refractivity contribution is 9.11. The largest absolute Gasteiger partial charge is 0.490 e. The van der Waals surface area contributed by atoms with Gasteiger partial charge >= 0.3 is 0 Å². The van der Waals surface area contributed by atoms with Crippen molar-refractivity contribution < 1.29 is 9.47 Å². The molecule has 0 bridgehead atoms. The van der Waals surface area contributed by atoms with Gasteiger partial charge in [0.1, 0.15) is 12.4 Å². The monoisotopic (exact) mass is 457 g/mol. The van der Waals surface area contributed by atoms with Crippen molar-refractivity contribution in [1.29, 1.82) is 0 Å². The van der Waals surface area contributed by atoms with Crippen LogP contribution < -0.4 is 10.1 Å². The Morgan fingerprint density at radius 1 is 1.05 bits per heavy atom. The number of benzene rings is 1. The highest BCUT2D eigenvalue weighted by Crippen LogP contribution is 2.36. The third-order valence-corrected chi connectivity index (χ3v) is 3.97. The van der Waals surface area contributed by atoms with E-state index in [1.165, 1.54) is 0 Å². The van der Waals surface area contributed by atoms with Crippen LogP contribution in [0, 0.1) is 0 Å². The predicted molar refractivity (Wildman–Crippen MR) is 89.0 cm³/mol. The Morgan fingerprint density at radius 2 is 1.74 bits per heavy atom. The van der Waals surface area contributed by atoms with Crippen molar-refractivity contribution in [3.8, 4) is 5.75 Å². The lowest BCUT2D eigenvalue weighted by molar-refractivity contribution is 0.144. The number of halogens is 3. The minimum Gasteiger partial charge on any atom is -0.490 e. The van der Waals surface area contributed by atoms with Crippen LogP contribution in [0.5, 0.6) is 5.75 Å². The van der Waals surface area contributed by atoms with E-state index < -0.39 is 0 Å². The molecule has 0 aliphatic rings. The molecular formula is C13H18Br3NO2. The summed E-state index contributed by atoms with van der Waals surface area (Å²) in [5.41, 5.74) is 0. The summed E-state index contributed by atoms with van der Waals surface area (Å²) in [4.78, 5) is 0. The zero-order chi connectivity index (χ0) is 14.1. The van der Waals surface area contributed by atoms with E-state index in [1.807, 2.05) is 19.1 Å². The first-order valence-corrected chi connectivity index (χ1v) is 8.59. The summed E-state index contributed by atoms with van der Waals surface area (Å²) in [5, 5.41) is 3.32. The summed E-state index contributed by atoms with van der Waals surface area (Å²) < 4.78 is 13.9. The molecule has 0 saturated heterocycles. The van der Waals surface area contributed by atoms with Crippen molar-refractivity contribution in [2.45, 2.75) is 13.3 Å². The molecule has 0 aliphatic carbocycles. The van der Waals surface area contributed by atoms with Crippen LogP contribution in [0.1, 0.15) is 13.3 Å². The molecule has 1 aromatic carbocycles. The Balaban J connectivity index is 2.19. The summed E-state index contributed by atoms with van der Waals surface area (Å²) >= 11 is 10.4. The topological polar surface area (TPSA) is 30.5 Å². The minimum absolute atomic E-state index is 0.632. The van der Waals surface area contributed by atoms with E-state index in [0.29, 0.717) is 6.61 Å². The van der Waals surface area contributed by atoms with E-state index in [4.69, 9.17) is 9.47 Å². The van der Waals surface area contributed by atoms with Gasteiger partial charge in [0.05, 0.1) is 8.95 Å². The van der Waals surface area contributed by atoms with Gasteiger partial charge < -0.3 is 14.8 Å². The van der Waals surface area contributed by atoms with Gasteiger partial charge in [-0.15, -0.1) is 0 Å². The normalized spacial score (nSPS) is 10.7. The Labute approximate surface area is 139 Å². The molecule has 0 aromatic heterocycles. The molecule has 0 fully saturated rings. The molecule has 1 rings (SSSR count). The maximum atomic E-state index is 5.74. The quantitative estimate of drug-likeness (QED) is 0.556. The SMILES string of the molecule is CCOCCCNCCOc1c(Br)cc(Br)cc1Br. The Kier molecular flexibility index (Phi) is 9.32. The molecule has 1 N–H and O–H groups in total. The van der Waals surface area contributed by atoms with Gasteiger partial charge in [-0.1, -0.05) is 15.9 Å². The number of rotatable bonds is 9. The van der Waals surface area contributed by atoms with Crippen LogP contribution in [0.4, 0.5) is 0 Å². The van der Waals surface area contributed by atoms with Gasteiger partial charge in [0.15, 0.2) is 0 Å². The fraction of sp³-hybridized carbons (Fsp3) is 0.538. The van der Waals surface area contributed by atoms with Gasteiger partial charge in [-0.25, -0.2) is 0 Å². The molecule has 3 nitrogen and oxygen atoms in total. The van der Waals surface area contributed by atoms with Crippen LogP contribution in [0.25, 0.3) is 0 Å². The molecule has 0 heterocycles. The number of nitrogens with one attached hydrogen (secondary N) is 1.